The number of carbonyl (C=O) groups excluding carboxylic acids is 2. The standard InChI is InChI=1S/C22H24N2O6/c1-13(2)17-7-5-14(3)9-19(17)30-22(26)15-10-21(25)23(12-15)18-8-6-16(24(27)28)11-20(18)29-4/h5-9,11,13,15H,10,12H2,1-4H3/t15-/m0/s1. The van der Waals surface area contributed by atoms with Gasteiger partial charge in [-0.2, -0.15) is 0 Å². The summed E-state index contributed by atoms with van der Waals surface area (Å²) >= 11 is 0. The van der Waals surface area contributed by atoms with Crippen molar-refractivity contribution in [3.63, 3.8) is 0 Å². The largest absolute Gasteiger partial charge is 0.494 e. The number of esters is 1. The van der Waals surface area contributed by atoms with Gasteiger partial charge in [0.25, 0.3) is 5.69 Å². The fraction of sp³-hybridized carbons (Fsp3) is 0.364. The van der Waals surface area contributed by atoms with Gasteiger partial charge in [-0.05, 0) is 36.1 Å². The highest BCUT2D eigenvalue weighted by molar-refractivity contribution is 6.01. The zero-order valence-corrected chi connectivity index (χ0v) is 17.4. The number of non-ortho nitro benzene ring substituents is 1. The van der Waals surface area contributed by atoms with Gasteiger partial charge in [0.2, 0.25) is 5.91 Å². The Labute approximate surface area is 174 Å². The van der Waals surface area contributed by atoms with Gasteiger partial charge in [-0.1, -0.05) is 26.0 Å². The number of hydrogen-bond acceptors (Lipinski definition) is 6. The third kappa shape index (κ3) is 4.27. The Bertz CT molecular complexity index is 1000. The van der Waals surface area contributed by atoms with Crippen LogP contribution in [0.2, 0.25) is 0 Å². The number of nitro groups is 1. The van der Waals surface area contributed by atoms with E-state index >= 15 is 0 Å². The van der Waals surface area contributed by atoms with Gasteiger partial charge in [-0.25, -0.2) is 0 Å². The van der Waals surface area contributed by atoms with Crippen molar-refractivity contribution in [1.29, 1.82) is 0 Å². The SMILES string of the molecule is COc1cc([N+](=O)[O-])ccc1N1C[C@@H](C(=O)Oc2cc(C)ccc2C(C)C)CC1=O. The second-order valence-corrected chi connectivity index (χ2v) is 7.64. The number of rotatable bonds is 6. The van der Waals surface area contributed by atoms with Crippen molar-refractivity contribution in [1.82, 2.24) is 0 Å². The summed E-state index contributed by atoms with van der Waals surface area (Å²) in [5.74, 6) is -0.491. The normalized spacial score (nSPS) is 16.1. The smallest absolute Gasteiger partial charge is 0.316 e. The molecular weight excluding hydrogens is 388 g/mol. The molecule has 0 spiro atoms. The fourth-order valence-electron chi connectivity index (χ4n) is 3.50. The summed E-state index contributed by atoms with van der Waals surface area (Å²) in [6.07, 6.45) is 0.00179. The molecule has 1 aliphatic rings. The first-order valence-corrected chi connectivity index (χ1v) is 9.66. The van der Waals surface area contributed by atoms with E-state index in [-0.39, 0.29) is 36.2 Å². The van der Waals surface area contributed by atoms with Crippen LogP contribution < -0.4 is 14.4 Å². The summed E-state index contributed by atoms with van der Waals surface area (Å²) in [6, 6.07) is 9.75. The minimum absolute atomic E-state index is 0.00179. The molecule has 0 aromatic heterocycles. The molecule has 1 heterocycles. The molecule has 3 rings (SSSR count). The molecule has 2 aromatic rings. The maximum Gasteiger partial charge on any atom is 0.316 e. The van der Waals surface area contributed by atoms with Gasteiger partial charge >= 0.3 is 5.97 Å². The molecule has 0 unspecified atom stereocenters. The fourth-order valence-corrected chi connectivity index (χ4v) is 3.50. The lowest BCUT2D eigenvalue weighted by atomic mass is 10.0. The van der Waals surface area contributed by atoms with Crippen LogP contribution in [-0.2, 0) is 9.59 Å². The molecule has 0 N–H and O–H groups in total. The van der Waals surface area contributed by atoms with E-state index in [1.807, 2.05) is 39.0 Å². The van der Waals surface area contributed by atoms with E-state index in [1.54, 1.807) is 0 Å². The van der Waals surface area contributed by atoms with E-state index in [0.717, 1.165) is 11.1 Å². The van der Waals surface area contributed by atoms with Crippen molar-refractivity contribution >= 4 is 23.3 Å². The molecule has 8 heteroatoms. The van der Waals surface area contributed by atoms with Crippen LogP contribution in [0.25, 0.3) is 0 Å². The van der Waals surface area contributed by atoms with E-state index in [2.05, 4.69) is 0 Å². The number of benzene rings is 2. The highest BCUT2D eigenvalue weighted by Crippen LogP contribution is 2.36. The molecule has 1 aliphatic heterocycles. The molecule has 0 bridgehead atoms. The van der Waals surface area contributed by atoms with Gasteiger partial charge in [0.05, 0.1) is 29.7 Å². The highest BCUT2D eigenvalue weighted by Gasteiger charge is 2.38. The second-order valence-electron chi connectivity index (χ2n) is 7.64. The number of ether oxygens (including phenoxy) is 2. The van der Waals surface area contributed by atoms with Gasteiger partial charge in [-0.15, -0.1) is 0 Å². The van der Waals surface area contributed by atoms with Crippen LogP contribution in [0.1, 0.15) is 37.3 Å². The van der Waals surface area contributed by atoms with Gasteiger partial charge in [0, 0.05) is 19.0 Å². The third-order valence-electron chi connectivity index (χ3n) is 5.12. The van der Waals surface area contributed by atoms with Crippen LogP contribution >= 0.6 is 0 Å². The Balaban J connectivity index is 1.80. The molecule has 0 radical (unpaired) electrons. The van der Waals surface area contributed by atoms with Gasteiger partial charge in [0.15, 0.2) is 0 Å². The molecule has 0 aliphatic carbocycles. The first-order chi connectivity index (χ1) is 14.2. The van der Waals surface area contributed by atoms with E-state index in [9.17, 15) is 19.7 Å². The van der Waals surface area contributed by atoms with Gasteiger partial charge in [-0.3, -0.25) is 19.7 Å². The van der Waals surface area contributed by atoms with Crippen LogP contribution in [-0.4, -0.2) is 30.5 Å². The van der Waals surface area contributed by atoms with E-state index in [0.29, 0.717) is 11.4 Å². The highest BCUT2D eigenvalue weighted by atomic mass is 16.6. The summed E-state index contributed by atoms with van der Waals surface area (Å²) in [5.41, 5.74) is 2.15. The molecule has 1 saturated heterocycles. The van der Waals surface area contributed by atoms with E-state index < -0.39 is 16.8 Å². The second kappa shape index (κ2) is 8.52. The summed E-state index contributed by atoms with van der Waals surface area (Å²) in [7, 11) is 1.38. The molecule has 0 saturated carbocycles. The van der Waals surface area contributed by atoms with Crippen molar-refractivity contribution < 1.29 is 24.0 Å². The number of nitrogens with zero attached hydrogens (tertiary/aromatic N) is 2. The monoisotopic (exact) mass is 412 g/mol. The maximum absolute atomic E-state index is 12.8. The average molecular weight is 412 g/mol. The lowest BCUT2D eigenvalue weighted by Crippen LogP contribution is -2.27. The molecule has 158 valence electrons. The minimum atomic E-state index is -0.641. The number of aryl methyl sites for hydroxylation is 1. The van der Waals surface area contributed by atoms with Crippen LogP contribution in [0.5, 0.6) is 11.5 Å². The molecule has 1 fully saturated rings. The predicted octanol–water partition coefficient (Wildman–Crippen LogP) is 3.99. The zero-order chi connectivity index (χ0) is 22.0. The van der Waals surface area contributed by atoms with Crippen molar-refractivity contribution in [2.24, 2.45) is 5.92 Å². The number of hydrogen-bond donors (Lipinski definition) is 0. The molecule has 2 aromatic carbocycles. The molecule has 8 nitrogen and oxygen atoms in total. The molecular formula is C22H24N2O6. The van der Waals surface area contributed by atoms with Gasteiger partial charge in [0.1, 0.15) is 11.5 Å². The first kappa shape index (κ1) is 21.3. The van der Waals surface area contributed by atoms with Crippen molar-refractivity contribution in [2.45, 2.75) is 33.1 Å². The van der Waals surface area contributed by atoms with Crippen LogP contribution in [0.3, 0.4) is 0 Å². The first-order valence-electron chi connectivity index (χ1n) is 9.66. The number of methoxy groups -OCH3 is 1. The predicted molar refractivity (Wildman–Crippen MR) is 111 cm³/mol. The van der Waals surface area contributed by atoms with E-state index in [4.69, 9.17) is 9.47 Å². The van der Waals surface area contributed by atoms with Crippen molar-refractivity contribution in [3.05, 3.63) is 57.6 Å². The Hall–Kier alpha value is -3.42. The number of anilines is 1. The number of amides is 1. The minimum Gasteiger partial charge on any atom is -0.494 e. The molecule has 30 heavy (non-hydrogen) atoms. The summed E-state index contributed by atoms with van der Waals surface area (Å²) in [6.45, 7) is 6.07. The topological polar surface area (TPSA) is 99.0 Å². The zero-order valence-electron chi connectivity index (χ0n) is 17.4. The van der Waals surface area contributed by atoms with Crippen LogP contribution in [0, 0.1) is 23.0 Å². The maximum atomic E-state index is 12.8. The average Bonchev–Trinajstić information content (AvgIpc) is 3.08. The lowest BCUT2D eigenvalue weighted by Gasteiger charge is -2.19. The summed E-state index contributed by atoms with van der Waals surface area (Å²) in [5, 5.41) is 11.0. The number of carbonyl (C=O) groups is 2. The lowest BCUT2D eigenvalue weighted by molar-refractivity contribution is -0.384. The van der Waals surface area contributed by atoms with Crippen LogP contribution in [0.15, 0.2) is 36.4 Å². The summed E-state index contributed by atoms with van der Waals surface area (Å²) in [4.78, 5) is 37.3. The molecule has 1 amide bonds. The Kier molecular flexibility index (Phi) is 6.05. The third-order valence-corrected chi connectivity index (χ3v) is 5.12. The van der Waals surface area contributed by atoms with Crippen LogP contribution in [0.4, 0.5) is 11.4 Å². The van der Waals surface area contributed by atoms with E-state index in [1.165, 1.54) is 30.2 Å². The quantitative estimate of drug-likeness (QED) is 0.308. The summed E-state index contributed by atoms with van der Waals surface area (Å²) < 4.78 is 10.9. The number of nitro benzene ring substituents is 1. The van der Waals surface area contributed by atoms with Gasteiger partial charge < -0.3 is 14.4 Å². The Morgan fingerprint density at radius 3 is 2.57 bits per heavy atom. The molecule has 1 atom stereocenters. The van der Waals surface area contributed by atoms with Crippen molar-refractivity contribution in [3.8, 4) is 11.5 Å². The Morgan fingerprint density at radius 2 is 1.93 bits per heavy atom. The Morgan fingerprint density at radius 1 is 1.20 bits per heavy atom. The van der Waals surface area contributed by atoms with Crippen molar-refractivity contribution in [2.75, 3.05) is 18.6 Å².